The third-order valence-electron chi connectivity index (χ3n) is 5.78. The van der Waals surface area contributed by atoms with Gasteiger partial charge in [0, 0.05) is 17.8 Å². The average Bonchev–Trinajstić information content (AvgIpc) is 3.40. The number of benzene rings is 1. The molecule has 0 amide bonds. The number of nitrogens with zero attached hydrogens (tertiary/aromatic N) is 3. The van der Waals surface area contributed by atoms with Crippen LogP contribution in [0.4, 0.5) is 24.5 Å². The van der Waals surface area contributed by atoms with Crippen molar-refractivity contribution in [1.82, 2.24) is 4.98 Å². The SMILES string of the molecule is COc1ccc2c(n1)C1(CO2)C2=Nc3cc(C(F)(F)F)oc3CN2c2ccccc21. The maximum atomic E-state index is 13.2. The molecule has 1 spiro atoms. The van der Waals surface area contributed by atoms with E-state index >= 15 is 0 Å². The summed E-state index contributed by atoms with van der Waals surface area (Å²) in [7, 11) is 1.53. The molecule has 0 saturated carbocycles. The van der Waals surface area contributed by atoms with E-state index in [2.05, 4.69) is 9.98 Å². The van der Waals surface area contributed by atoms with E-state index in [4.69, 9.17) is 13.9 Å². The Hall–Kier alpha value is -3.49. The Morgan fingerprint density at radius 3 is 2.80 bits per heavy atom. The number of alkyl halides is 3. The monoisotopic (exact) mass is 413 g/mol. The number of fused-ring (bicyclic) bond motifs is 8. The largest absolute Gasteiger partial charge is 0.490 e. The van der Waals surface area contributed by atoms with Gasteiger partial charge in [0.2, 0.25) is 11.6 Å². The first-order valence-corrected chi connectivity index (χ1v) is 9.26. The number of amidine groups is 1. The molecule has 0 saturated heterocycles. The van der Waals surface area contributed by atoms with Crippen LogP contribution < -0.4 is 14.4 Å². The summed E-state index contributed by atoms with van der Waals surface area (Å²) in [6.45, 7) is 0.385. The fraction of sp³-hybridized carbons (Fsp3) is 0.238. The van der Waals surface area contributed by atoms with Crippen molar-refractivity contribution in [3.8, 4) is 11.6 Å². The lowest BCUT2D eigenvalue weighted by Crippen LogP contribution is -2.43. The number of aromatic nitrogens is 1. The lowest BCUT2D eigenvalue weighted by atomic mass is 9.79. The number of ether oxygens (including phenoxy) is 2. The number of methoxy groups -OCH3 is 1. The van der Waals surface area contributed by atoms with Gasteiger partial charge in [-0.15, -0.1) is 0 Å². The van der Waals surface area contributed by atoms with Crippen molar-refractivity contribution < 1.29 is 27.1 Å². The quantitative estimate of drug-likeness (QED) is 0.590. The molecule has 0 radical (unpaired) electrons. The summed E-state index contributed by atoms with van der Waals surface area (Å²) in [5, 5.41) is 0. The van der Waals surface area contributed by atoms with Crippen molar-refractivity contribution in [2.45, 2.75) is 18.1 Å². The first kappa shape index (κ1) is 17.4. The minimum atomic E-state index is -4.57. The Kier molecular flexibility index (Phi) is 3.22. The third-order valence-corrected chi connectivity index (χ3v) is 5.78. The summed E-state index contributed by atoms with van der Waals surface area (Å²) in [6, 6.07) is 12.1. The smallest absolute Gasteiger partial charge is 0.449 e. The third kappa shape index (κ3) is 2.09. The second-order valence-electron chi connectivity index (χ2n) is 7.35. The van der Waals surface area contributed by atoms with Crippen molar-refractivity contribution in [2.75, 3.05) is 18.6 Å². The summed E-state index contributed by atoms with van der Waals surface area (Å²) in [6.07, 6.45) is -4.57. The standard InChI is InChI=1S/C21H14F3N3O3/c1-28-17-7-6-14-18(26-17)20(10-29-14)11-4-2-3-5-13(11)27-9-15-12(25-19(20)27)8-16(30-15)21(22,23)24/h2-8H,9-10H2,1H3. The highest BCUT2D eigenvalue weighted by Crippen LogP contribution is 2.55. The Morgan fingerprint density at radius 1 is 1.17 bits per heavy atom. The number of anilines is 1. The zero-order valence-corrected chi connectivity index (χ0v) is 15.7. The fourth-order valence-electron chi connectivity index (χ4n) is 4.47. The molecule has 6 nitrogen and oxygen atoms in total. The lowest BCUT2D eigenvalue weighted by molar-refractivity contribution is -0.153. The van der Waals surface area contributed by atoms with Crippen molar-refractivity contribution >= 4 is 17.2 Å². The van der Waals surface area contributed by atoms with Crippen molar-refractivity contribution in [2.24, 2.45) is 4.99 Å². The first-order chi connectivity index (χ1) is 14.4. The molecule has 152 valence electrons. The van der Waals surface area contributed by atoms with E-state index in [0.717, 1.165) is 17.3 Å². The molecule has 1 unspecified atom stereocenters. The molecular formula is C21H14F3N3O3. The summed E-state index contributed by atoms with van der Waals surface area (Å²) < 4.78 is 55.9. The van der Waals surface area contributed by atoms with Crippen LogP contribution in [-0.4, -0.2) is 24.5 Å². The highest BCUT2D eigenvalue weighted by Gasteiger charge is 2.57. The summed E-state index contributed by atoms with van der Waals surface area (Å²) >= 11 is 0. The minimum Gasteiger partial charge on any atom is -0.490 e. The number of pyridine rings is 1. The van der Waals surface area contributed by atoms with Crippen LogP contribution in [0.15, 0.2) is 51.9 Å². The normalized spacial score (nSPS) is 20.9. The molecule has 6 rings (SSSR count). The van der Waals surface area contributed by atoms with Gasteiger partial charge in [-0.3, -0.25) is 0 Å². The molecule has 9 heteroatoms. The number of hydrogen-bond acceptors (Lipinski definition) is 6. The molecule has 3 aromatic rings. The van der Waals surface area contributed by atoms with Crippen LogP contribution in [0.25, 0.3) is 0 Å². The number of aliphatic imine (C=N–C) groups is 1. The number of para-hydroxylation sites is 1. The molecule has 0 fully saturated rings. The summed E-state index contributed by atoms with van der Waals surface area (Å²) in [5.74, 6) is 0.725. The Morgan fingerprint density at radius 2 is 2.00 bits per heavy atom. The molecule has 0 aliphatic carbocycles. The van der Waals surface area contributed by atoms with Gasteiger partial charge in [0.05, 0.1) is 13.7 Å². The summed E-state index contributed by atoms with van der Waals surface area (Å²) in [4.78, 5) is 11.1. The topological polar surface area (TPSA) is 60.1 Å². The first-order valence-electron chi connectivity index (χ1n) is 9.26. The second-order valence-corrected chi connectivity index (χ2v) is 7.35. The maximum absolute atomic E-state index is 13.2. The van der Waals surface area contributed by atoms with Crippen LogP contribution in [0, 0.1) is 0 Å². The predicted octanol–water partition coefficient (Wildman–Crippen LogP) is 4.44. The Balaban J connectivity index is 1.61. The molecule has 1 aromatic carbocycles. The maximum Gasteiger partial charge on any atom is 0.449 e. The zero-order chi connectivity index (χ0) is 20.7. The van der Waals surface area contributed by atoms with Crippen LogP contribution in [0.2, 0.25) is 0 Å². The number of hydrogen-bond donors (Lipinski definition) is 0. The van der Waals surface area contributed by atoms with Gasteiger partial charge in [0.15, 0.2) is 0 Å². The van der Waals surface area contributed by atoms with Gasteiger partial charge < -0.3 is 18.8 Å². The minimum absolute atomic E-state index is 0.141. The molecule has 0 bridgehead atoms. The molecule has 30 heavy (non-hydrogen) atoms. The molecule has 1 atom stereocenters. The number of rotatable bonds is 1. The van der Waals surface area contributed by atoms with E-state index in [-0.39, 0.29) is 24.6 Å². The van der Waals surface area contributed by atoms with Gasteiger partial charge in [0.1, 0.15) is 40.7 Å². The van der Waals surface area contributed by atoms with Gasteiger partial charge in [-0.2, -0.15) is 13.2 Å². The Bertz CT molecular complexity index is 1230. The van der Waals surface area contributed by atoms with Crippen LogP contribution in [-0.2, 0) is 18.1 Å². The van der Waals surface area contributed by atoms with Crippen LogP contribution in [0.1, 0.15) is 22.8 Å². The average molecular weight is 413 g/mol. The van der Waals surface area contributed by atoms with E-state index < -0.39 is 17.4 Å². The fourth-order valence-corrected chi connectivity index (χ4v) is 4.47. The zero-order valence-electron chi connectivity index (χ0n) is 15.7. The van der Waals surface area contributed by atoms with Crippen LogP contribution >= 0.6 is 0 Å². The van der Waals surface area contributed by atoms with E-state index in [1.807, 2.05) is 29.2 Å². The van der Waals surface area contributed by atoms with Gasteiger partial charge >= 0.3 is 6.18 Å². The molecular weight excluding hydrogens is 399 g/mol. The van der Waals surface area contributed by atoms with Gasteiger partial charge in [0.25, 0.3) is 0 Å². The lowest BCUT2D eigenvalue weighted by Gasteiger charge is -2.29. The Labute approximate surface area is 168 Å². The van der Waals surface area contributed by atoms with E-state index in [1.54, 1.807) is 12.1 Å². The van der Waals surface area contributed by atoms with E-state index in [1.165, 1.54) is 7.11 Å². The molecule has 5 heterocycles. The number of furan rings is 1. The van der Waals surface area contributed by atoms with Crippen LogP contribution in [0.3, 0.4) is 0 Å². The van der Waals surface area contributed by atoms with Crippen LogP contribution in [0.5, 0.6) is 11.6 Å². The van der Waals surface area contributed by atoms with Gasteiger partial charge in [-0.05, 0) is 17.7 Å². The van der Waals surface area contributed by atoms with Crippen molar-refractivity contribution in [3.63, 3.8) is 0 Å². The van der Waals surface area contributed by atoms with Crippen molar-refractivity contribution in [1.29, 1.82) is 0 Å². The highest BCUT2D eigenvalue weighted by atomic mass is 19.4. The van der Waals surface area contributed by atoms with E-state index in [9.17, 15) is 13.2 Å². The molecule has 2 aromatic heterocycles. The summed E-state index contributed by atoms with van der Waals surface area (Å²) in [5.41, 5.74) is 1.75. The second kappa shape index (κ2) is 5.56. The van der Waals surface area contributed by atoms with E-state index in [0.29, 0.717) is 23.2 Å². The van der Waals surface area contributed by atoms with Gasteiger partial charge in [-0.1, -0.05) is 18.2 Å². The van der Waals surface area contributed by atoms with Gasteiger partial charge in [-0.25, -0.2) is 9.98 Å². The highest BCUT2D eigenvalue weighted by molar-refractivity contribution is 6.16. The molecule has 3 aliphatic rings. The molecule has 0 N–H and O–H groups in total. The van der Waals surface area contributed by atoms with Crippen molar-refractivity contribution in [3.05, 3.63) is 65.2 Å². The molecule has 3 aliphatic heterocycles. The number of halogens is 3. The predicted molar refractivity (Wildman–Crippen MR) is 100 cm³/mol.